The number of likely N-dealkylation sites (tertiary alicyclic amines) is 1. The van der Waals surface area contributed by atoms with Crippen LogP contribution >= 0.6 is 34.7 Å². The van der Waals surface area contributed by atoms with E-state index in [-0.39, 0.29) is 17.7 Å². The second-order valence-electron chi connectivity index (χ2n) is 8.23. The van der Waals surface area contributed by atoms with E-state index < -0.39 is 11.7 Å². The number of piperidine rings is 1. The van der Waals surface area contributed by atoms with Crippen molar-refractivity contribution < 1.29 is 17.9 Å². The molecule has 0 spiro atoms. The van der Waals surface area contributed by atoms with Crippen molar-refractivity contribution >= 4 is 46.5 Å². The molecule has 0 unspecified atom stereocenters. The molecule has 0 aromatic carbocycles. The molecule has 3 aromatic rings. The number of ether oxygens (including phenoxy) is 1. The molecule has 34 heavy (non-hydrogen) atoms. The highest BCUT2D eigenvalue weighted by molar-refractivity contribution is 7.99. The Morgan fingerprint density at radius 2 is 2.06 bits per heavy atom. The third kappa shape index (κ3) is 5.00. The lowest BCUT2D eigenvalue weighted by atomic mass is 10.1. The minimum Gasteiger partial charge on any atom is -0.483 e. The van der Waals surface area contributed by atoms with E-state index in [4.69, 9.17) is 16.3 Å². The molecule has 0 bridgehead atoms. The number of hydrogen-bond acceptors (Lipinski definition) is 8. The van der Waals surface area contributed by atoms with Gasteiger partial charge in [0.25, 0.3) is 0 Å². The number of fused-ring (bicyclic) bond motifs is 1. The van der Waals surface area contributed by atoms with E-state index >= 15 is 0 Å². The summed E-state index contributed by atoms with van der Waals surface area (Å²) in [6, 6.07) is 1.92. The molecule has 0 saturated carbocycles. The van der Waals surface area contributed by atoms with Gasteiger partial charge in [-0.2, -0.15) is 18.3 Å². The molecule has 5 rings (SSSR count). The predicted octanol–water partition coefficient (Wildman–Crippen LogP) is 5.96. The Labute approximate surface area is 207 Å². The second kappa shape index (κ2) is 9.56. The van der Waals surface area contributed by atoms with Gasteiger partial charge in [0, 0.05) is 18.1 Å². The topological polar surface area (TPSA) is 68.1 Å². The largest absolute Gasteiger partial charge is 0.483 e. The monoisotopic (exact) mass is 530 g/mol. The van der Waals surface area contributed by atoms with Crippen LogP contribution < -0.4 is 10.1 Å². The molecule has 7 nitrogen and oxygen atoms in total. The van der Waals surface area contributed by atoms with Crippen LogP contribution in [-0.2, 0) is 6.18 Å². The standard InChI is InChI=1S/C21H22ClF3N6OS2/c1-30-5-3-12(4-6-30)31-11-14(22)18(29-31)28-20-26-10-13(21(23,24)25)17(27-20)15-9-16-19(34-15)32-7-2-8-33-16/h9-12H,2-8H2,1H3,(H,26,27,28,29). The Morgan fingerprint density at radius 1 is 1.26 bits per heavy atom. The normalized spacial score (nSPS) is 17.8. The first-order valence-electron chi connectivity index (χ1n) is 10.8. The van der Waals surface area contributed by atoms with Gasteiger partial charge in [0.1, 0.15) is 10.6 Å². The first-order valence-corrected chi connectivity index (χ1v) is 13.0. The minimum atomic E-state index is -4.60. The highest BCUT2D eigenvalue weighted by atomic mass is 35.5. The molecule has 0 aliphatic carbocycles. The van der Waals surface area contributed by atoms with Crippen molar-refractivity contribution in [3.05, 3.63) is 29.0 Å². The summed E-state index contributed by atoms with van der Waals surface area (Å²) in [6.45, 7) is 2.47. The number of aromatic nitrogens is 4. The first kappa shape index (κ1) is 23.7. The molecule has 0 atom stereocenters. The molecule has 1 saturated heterocycles. The fraction of sp³-hybridized carbons (Fsp3) is 0.476. The van der Waals surface area contributed by atoms with E-state index in [1.807, 2.05) is 4.68 Å². The molecular weight excluding hydrogens is 509 g/mol. The van der Waals surface area contributed by atoms with Crippen LogP contribution in [0.2, 0.25) is 5.02 Å². The number of rotatable bonds is 4. The maximum Gasteiger partial charge on any atom is 0.420 e. The fourth-order valence-corrected chi connectivity index (χ4v) is 6.28. The van der Waals surface area contributed by atoms with Gasteiger partial charge in [-0.25, -0.2) is 9.97 Å². The van der Waals surface area contributed by atoms with Gasteiger partial charge in [0.05, 0.1) is 28.1 Å². The summed E-state index contributed by atoms with van der Waals surface area (Å²) in [7, 11) is 2.08. The number of anilines is 2. The summed E-state index contributed by atoms with van der Waals surface area (Å²) in [5, 5.41) is 8.41. The summed E-state index contributed by atoms with van der Waals surface area (Å²) in [5.74, 6) is 1.16. The molecule has 2 aliphatic rings. The highest BCUT2D eigenvalue weighted by Crippen LogP contribution is 2.46. The second-order valence-corrected chi connectivity index (χ2v) is 10.8. The van der Waals surface area contributed by atoms with E-state index in [1.54, 1.807) is 24.0 Å². The van der Waals surface area contributed by atoms with Crippen molar-refractivity contribution in [2.75, 3.05) is 37.8 Å². The van der Waals surface area contributed by atoms with Crippen LogP contribution in [-0.4, -0.2) is 57.1 Å². The number of halogens is 4. The Kier molecular flexibility index (Phi) is 6.66. The van der Waals surface area contributed by atoms with E-state index in [1.165, 1.54) is 0 Å². The van der Waals surface area contributed by atoms with Gasteiger partial charge < -0.3 is 15.0 Å². The van der Waals surface area contributed by atoms with Crippen molar-refractivity contribution in [1.82, 2.24) is 24.6 Å². The summed E-state index contributed by atoms with van der Waals surface area (Å²) in [4.78, 5) is 11.6. The molecular formula is C21H22ClF3N6OS2. The van der Waals surface area contributed by atoms with E-state index in [2.05, 4.69) is 32.3 Å². The number of thiophene rings is 1. The predicted molar refractivity (Wildman–Crippen MR) is 127 cm³/mol. The van der Waals surface area contributed by atoms with Crippen molar-refractivity contribution in [2.45, 2.75) is 36.4 Å². The maximum atomic E-state index is 13.8. The Balaban J connectivity index is 1.45. The van der Waals surface area contributed by atoms with Crippen LogP contribution in [0.1, 0.15) is 30.9 Å². The average molecular weight is 531 g/mol. The SMILES string of the molecule is CN1CCC(n2cc(Cl)c(Nc3ncc(C(F)(F)F)c(-c4cc5c(s4)OCCCS5)n3)n2)CC1. The molecule has 5 heterocycles. The third-order valence-corrected chi connectivity index (χ3v) is 8.32. The van der Waals surface area contributed by atoms with Crippen molar-refractivity contribution in [3.8, 4) is 15.6 Å². The van der Waals surface area contributed by atoms with E-state index in [0.29, 0.717) is 27.4 Å². The zero-order valence-electron chi connectivity index (χ0n) is 18.2. The van der Waals surface area contributed by atoms with Gasteiger partial charge in [0.2, 0.25) is 5.95 Å². The van der Waals surface area contributed by atoms with Crippen molar-refractivity contribution in [1.29, 1.82) is 0 Å². The highest BCUT2D eigenvalue weighted by Gasteiger charge is 2.36. The zero-order chi connectivity index (χ0) is 23.9. The Morgan fingerprint density at radius 3 is 2.82 bits per heavy atom. The lowest BCUT2D eigenvalue weighted by Gasteiger charge is -2.28. The smallest absolute Gasteiger partial charge is 0.420 e. The number of nitrogens with zero attached hydrogens (tertiary/aromatic N) is 5. The van der Waals surface area contributed by atoms with Crippen LogP contribution in [0.25, 0.3) is 10.6 Å². The summed E-state index contributed by atoms with van der Waals surface area (Å²) < 4.78 is 48.8. The summed E-state index contributed by atoms with van der Waals surface area (Å²) >= 11 is 9.12. The van der Waals surface area contributed by atoms with Crippen LogP contribution in [0.3, 0.4) is 0 Å². The fourth-order valence-electron chi connectivity index (χ4n) is 3.93. The lowest BCUT2D eigenvalue weighted by molar-refractivity contribution is -0.137. The third-order valence-electron chi connectivity index (χ3n) is 5.75. The van der Waals surface area contributed by atoms with E-state index in [9.17, 15) is 13.2 Å². The van der Waals surface area contributed by atoms with Crippen LogP contribution in [0, 0.1) is 0 Å². The van der Waals surface area contributed by atoms with Crippen molar-refractivity contribution in [3.63, 3.8) is 0 Å². The summed E-state index contributed by atoms with van der Waals surface area (Å²) in [6.07, 6.45) is 0.704. The molecule has 182 valence electrons. The van der Waals surface area contributed by atoms with Crippen LogP contribution in [0.15, 0.2) is 23.4 Å². The minimum absolute atomic E-state index is 0.00399. The molecule has 1 fully saturated rings. The molecule has 13 heteroatoms. The molecule has 1 N–H and O–H groups in total. The zero-order valence-corrected chi connectivity index (χ0v) is 20.6. The number of hydrogen-bond donors (Lipinski definition) is 1. The Hall–Kier alpha value is -2.02. The van der Waals surface area contributed by atoms with Gasteiger partial charge in [-0.3, -0.25) is 4.68 Å². The molecule has 2 aliphatic heterocycles. The lowest BCUT2D eigenvalue weighted by Crippen LogP contribution is -2.31. The van der Waals surface area contributed by atoms with E-state index in [0.717, 1.165) is 60.5 Å². The maximum absolute atomic E-state index is 13.8. The van der Waals surface area contributed by atoms with Gasteiger partial charge in [-0.1, -0.05) is 22.9 Å². The number of thioether (sulfide) groups is 1. The Bertz CT molecular complexity index is 1150. The van der Waals surface area contributed by atoms with Gasteiger partial charge in [-0.15, -0.1) is 11.8 Å². The first-order chi connectivity index (χ1) is 16.3. The van der Waals surface area contributed by atoms with Gasteiger partial charge in [0.15, 0.2) is 10.9 Å². The number of nitrogens with one attached hydrogen (secondary N) is 1. The average Bonchev–Trinajstić information content (AvgIpc) is 3.29. The van der Waals surface area contributed by atoms with Crippen molar-refractivity contribution in [2.24, 2.45) is 0 Å². The molecule has 0 radical (unpaired) electrons. The van der Waals surface area contributed by atoms with Crippen LogP contribution in [0.4, 0.5) is 24.9 Å². The van der Waals surface area contributed by atoms with Crippen LogP contribution in [0.5, 0.6) is 5.06 Å². The van der Waals surface area contributed by atoms with Gasteiger partial charge in [-0.05, 0) is 45.5 Å². The summed E-state index contributed by atoms with van der Waals surface area (Å²) in [5.41, 5.74) is -1.10. The quantitative estimate of drug-likeness (QED) is 0.446. The van der Waals surface area contributed by atoms with Gasteiger partial charge >= 0.3 is 6.18 Å². The molecule has 0 amide bonds. The molecule has 3 aromatic heterocycles. The number of alkyl halides is 3.